The molecule has 3 rings (SSSR count). The molecule has 1 atom stereocenters. The third-order valence-electron chi connectivity index (χ3n) is 3.79. The number of hydrogen-bond acceptors (Lipinski definition) is 2. The normalized spacial score (nSPS) is 26.9. The monoisotopic (exact) mass is 267 g/mol. The molecule has 1 unspecified atom stereocenters. The lowest BCUT2D eigenvalue weighted by atomic mass is 9.98. The fraction of sp³-hybridized carbons (Fsp3) is 0.571. The molecule has 98 valence electrons. The molecule has 0 bridgehead atoms. The number of fused-ring (bicyclic) bond motifs is 1. The van der Waals surface area contributed by atoms with Gasteiger partial charge in [0.25, 0.3) is 0 Å². The first-order valence-corrected chi connectivity index (χ1v) is 8.15. The first kappa shape index (κ1) is 12.2. The van der Waals surface area contributed by atoms with Crippen molar-refractivity contribution in [1.82, 2.24) is 0 Å². The molecule has 0 amide bonds. The predicted molar refractivity (Wildman–Crippen MR) is 70.9 cm³/mol. The molecule has 1 fully saturated rings. The molecular weight excluding hydrogens is 249 g/mol. The smallest absolute Gasteiger partial charge is 0.131 e. The average Bonchev–Trinajstić information content (AvgIpc) is 3.14. The van der Waals surface area contributed by atoms with Crippen LogP contribution >= 0.6 is 0 Å². The van der Waals surface area contributed by atoms with Crippen LogP contribution in [0.2, 0.25) is 0 Å². The molecule has 2 nitrogen and oxygen atoms in total. The molecule has 18 heavy (non-hydrogen) atoms. The molecule has 0 spiro atoms. The Bertz CT molecular complexity index is 610. The lowest BCUT2D eigenvalue weighted by Gasteiger charge is -2.21. The minimum Gasteiger partial charge on any atom is -0.244 e. The van der Waals surface area contributed by atoms with Gasteiger partial charge in [0, 0.05) is 10.8 Å². The van der Waals surface area contributed by atoms with E-state index in [1.807, 2.05) is 19.9 Å². The Kier molecular flexibility index (Phi) is 2.73. The summed E-state index contributed by atoms with van der Waals surface area (Å²) in [5.74, 6) is 0.0110. The van der Waals surface area contributed by atoms with Crippen LogP contribution in [0.15, 0.2) is 21.4 Å². The van der Waals surface area contributed by atoms with Gasteiger partial charge >= 0.3 is 0 Å². The quantitative estimate of drug-likeness (QED) is 0.806. The van der Waals surface area contributed by atoms with Crippen LogP contribution in [-0.4, -0.2) is 16.0 Å². The highest BCUT2D eigenvalue weighted by atomic mass is 32.2. The number of benzene rings is 1. The van der Waals surface area contributed by atoms with Crippen LogP contribution in [0.1, 0.15) is 43.7 Å². The molecular formula is C14H18FNOS. The van der Waals surface area contributed by atoms with Gasteiger partial charge in [-0.25, -0.2) is 13.0 Å². The van der Waals surface area contributed by atoms with E-state index < -0.39 is 9.73 Å². The summed E-state index contributed by atoms with van der Waals surface area (Å²) in [7, 11) is -2.33. The molecule has 0 saturated heterocycles. The average molecular weight is 267 g/mol. The number of halogens is 1. The topological polar surface area (TPSA) is 29.4 Å². The first-order valence-electron chi connectivity index (χ1n) is 6.57. The first-order chi connectivity index (χ1) is 8.54. The van der Waals surface area contributed by atoms with Crippen molar-refractivity contribution in [2.45, 2.75) is 49.2 Å². The van der Waals surface area contributed by atoms with Crippen LogP contribution in [0.25, 0.3) is 0 Å². The Labute approximate surface area is 108 Å². The van der Waals surface area contributed by atoms with Crippen LogP contribution in [0.3, 0.4) is 0 Å². The zero-order valence-electron chi connectivity index (χ0n) is 10.8. The fourth-order valence-electron chi connectivity index (χ4n) is 2.61. The highest BCUT2D eigenvalue weighted by Crippen LogP contribution is 2.40. The van der Waals surface area contributed by atoms with E-state index in [1.165, 1.54) is 0 Å². The summed E-state index contributed by atoms with van der Waals surface area (Å²) in [6.07, 6.45) is 2.52. The second kappa shape index (κ2) is 4.05. The van der Waals surface area contributed by atoms with Gasteiger partial charge in [-0.3, -0.25) is 0 Å². The third-order valence-corrected chi connectivity index (χ3v) is 6.74. The maximum absolute atomic E-state index is 14.5. The highest BCUT2D eigenvalue weighted by Gasteiger charge is 2.38. The van der Waals surface area contributed by atoms with E-state index in [2.05, 4.69) is 4.36 Å². The standard InChI is InChI=1S/C14H18FNOS/c1-9(2)11-5-6-13-12(14(11)15)7-8-16-18(13,17)10-3-4-10/h5-6,9-10H,3-4,7-8H2,1-2H3. The van der Waals surface area contributed by atoms with E-state index in [4.69, 9.17) is 0 Å². The minimum atomic E-state index is -2.33. The SMILES string of the molecule is CC(C)c1ccc2c(c1F)CCN=S2(=O)C1CC1. The maximum Gasteiger partial charge on any atom is 0.131 e. The lowest BCUT2D eigenvalue weighted by Crippen LogP contribution is -2.18. The van der Waals surface area contributed by atoms with Gasteiger partial charge in [0.1, 0.15) is 5.82 Å². The molecule has 4 heteroatoms. The second-order valence-electron chi connectivity index (χ2n) is 5.47. The molecule has 1 saturated carbocycles. The van der Waals surface area contributed by atoms with Crippen molar-refractivity contribution in [1.29, 1.82) is 0 Å². The molecule has 0 radical (unpaired) electrons. The van der Waals surface area contributed by atoms with E-state index in [-0.39, 0.29) is 17.0 Å². The Morgan fingerprint density at radius 1 is 1.39 bits per heavy atom. The van der Waals surface area contributed by atoms with Gasteiger partial charge in [-0.1, -0.05) is 19.9 Å². The summed E-state index contributed by atoms with van der Waals surface area (Å²) in [6, 6.07) is 3.65. The van der Waals surface area contributed by atoms with Gasteiger partial charge in [-0.2, -0.15) is 0 Å². The van der Waals surface area contributed by atoms with Crippen LogP contribution in [0, 0.1) is 5.82 Å². The summed E-state index contributed by atoms with van der Waals surface area (Å²) in [5.41, 5.74) is 1.39. The van der Waals surface area contributed by atoms with Crippen LogP contribution < -0.4 is 0 Å². The van der Waals surface area contributed by atoms with E-state index in [0.29, 0.717) is 23.4 Å². The summed E-state index contributed by atoms with van der Waals surface area (Å²) < 4.78 is 31.7. The second-order valence-corrected chi connectivity index (χ2v) is 7.97. The Hall–Kier alpha value is -0.900. The van der Waals surface area contributed by atoms with Gasteiger partial charge in [-0.15, -0.1) is 0 Å². The van der Waals surface area contributed by atoms with Crippen LogP contribution in [0.5, 0.6) is 0 Å². The zero-order valence-corrected chi connectivity index (χ0v) is 11.6. The number of hydrogen-bond donors (Lipinski definition) is 0. The van der Waals surface area contributed by atoms with Crippen molar-refractivity contribution in [2.24, 2.45) is 4.36 Å². The van der Waals surface area contributed by atoms with E-state index in [1.54, 1.807) is 6.07 Å². The summed E-state index contributed by atoms with van der Waals surface area (Å²) in [6.45, 7) is 4.47. The van der Waals surface area contributed by atoms with Gasteiger partial charge in [-0.05, 0) is 36.8 Å². The number of nitrogens with zero attached hydrogens (tertiary/aromatic N) is 1. The third kappa shape index (κ3) is 1.69. The van der Waals surface area contributed by atoms with E-state index in [9.17, 15) is 8.60 Å². The number of rotatable bonds is 2. The Balaban J connectivity index is 2.20. The van der Waals surface area contributed by atoms with Crippen molar-refractivity contribution < 1.29 is 8.60 Å². The molecule has 1 heterocycles. The van der Waals surface area contributed by atoms with Crippen LogP contribution in [0.4, 0.5) is 4.39 Å². The highest BCUT2D eigenvalue weighted by molar-refractivity contribution is 7.94. The molecule has 2 aliphatic rings. The zero-order chi connectivity index (χ0) is 12.9. The molecule has 0 aromatic heterocycles. The van der Waals surface area contributed by atoms with Gasteiger partial charge in [0.15, 0.2) is 0 Å². The molecule has 0 N–H and O–H groups in total. The Morgan fingerprint density at radius 2 is 2.11 bits per heavy atom. The van der Waals surface area contributed by atoms with E-state index >= 15 is 0 Å². The van der Waals surface area contributed by atoms with Crippen LogP contribution in [-0.2, 0) is 16.1 Å². The molecule has 1 aliphatic carbocycles. The Morgan fingerprint density at radius 3 is 2.72 bits per heavy atom. The van der Waals surface area contributed by atoms with E-state index in [0.717, 1.165) is 18.4 Å². The minimum absolute atomic E-state index is 0.147. The molecule has 1 aliphatic heterocycles. The molecule has 1 aromatic rings. The van der Waals surface area contributed by atoms with Gasteiger partial charge in [0.2, 0.25) is 0 Å². The largest absolute Gasteiger partial charge is 0.244 e. The van der Waals surface area contributed by atoms with Crippen molar-refractivity contribution >= 4 is 9.73 Å². The van der Waals surface area contributed by atoms with Crippen molar-refractivity contribution in [3.8, 4) is 0 Å². The molecule has 1 aromatic carbocycles. The summed E-state index contributed by atoms with van der Waals surface area (Å²) in [5, 5.41) is 0.167. The summed E-state index contributed by atoms with van der Waals surface area (Å²) >= 11 is 0. The maximum atomic E-state index is 14.5. The lowest BCUT2D eigenvalue weighted by molar-refractivity contribution is 0.571. The van der Waals surface area contributed by atoms with Crippen molar-refractivity contribution in [3.05, 3.63) is 29.1 Å². The fourth-order valence-corrected chi connectivity index (χ4v) is 5.26. The predicted octanol–water partition coefficient (Wildman–Crippen LogP) is 3.49. The van der Waals surface area contributed by atoms with Gasteiger partial charge in [0.05, 0.1) is 21.2 Å². The van der Waals surface area contributed by atoms with Crippen molar-refractivity contribution in [3.63, 3.8) is 0 Å². The van der Waals surface area contributed by atoms with Gasteiger partial charge < -0.3 is 0 Å². The van der Waals surface area contributed by atoms with Crippen molar-refractivity contribution in [2.75, 3.05) is 6.54 Å². The summed E-state index contributed by atoms with van der Waals surface area (Å²) in [4.78, 5) is 0.679.